The minimum atomic E-state index is -0.319. The second-order valence-corrected chi connectivity index (χ2v) is 2.06. The van der Waals surface area contributed by atoms with E-state index in [0.29, 0.717) is 0 Å². The van der Waals surface area contributed by atoms with E-state index in [-0.39, 0.29) is 17.3 Å². The summed E-state index contributed by atoms with van der Waals surface area (Å²) in [5.74, 6) is -0.319. The fraction of sp³-hybridized carbons (Fsp3) is 0.800. The smallest absolute Gasteiger partial charge is 0.291 e. The van der Waals surface area contributed by atoms with Crippen LogP contribution in [0.4, 0.5) is 0 Å². The van der Waals surface area contributed by atoms with Crippen LogP contribution in [0.5, 0.6) is 0 Å². The normalized spacial score (nSPS) is 11.0. The molecule has 0 unspecified atom stereocenters. The van der Waals surface area contributed by atoms with Crippen LogP contribution in [0.25, 0.3) is 0 Å². The van der Waals surface area contributed by atoms with Crippen LogP contribution >= 0.6 is 0 Å². The van der Waals surface area contributed by atoms with Gasteiger partial charge in [0.1, 0.15) is 7.11 Å². The molecule has 1 amide bonds. The predicted octanol–water partition coefficient (Wildman–Crippen LogP) is -0.401. The average molecular weight is 161 g/mol. The molecular formula is C5H11N3O3. The van der Waals surface area contributed by atoms with Crippen LogP contribution in [0.15, 0.2) is 5.28 Å². The Morgan fingerprint density at radius 3 is 2.64 bits per heavy atom. The molecule has 0 heterocycles. The lowest BCUT2D eigenvalue weighted by atomic mass is 10.6. The summed E-state index contributed by atoms with van der Waals surface area (Å²) in [6.45, 7) is -0.319. The summed E-state index contributed by atoms with van der Waals surface area (Å²) in [5, 5.41) is 13.5. The highest BCUT2D eigenvalue weighted by atomic mass is 16.7. The molecule has 0 radical (unpaired) electrons. The number of amides is 1. The maximum Gasteiger partial charge on any atom is 0.291 e. The molecule has 0 aromatic heterocycles. The first-order valence-electron chi connectivity index (χ1n) is 2.97. The van der Waals surface area contributed by atoms with Crippen LogP contribution in [-0.4, -0.2) is 43.4 Å². The quantitative estimate of drug-likeness (QED) is 0.321. The van der Waals surface area contributed by atoms with Crippen molar-refractivity contribution in [2.24, 2.45) is 5.28 Å². The first-order chi connectivity index (χ1) is 5.07. The standard InChI is InChI=1S/C5H11N3O3/c1-7(2)5(9)4-8(10)6-11-3/h4H2,1-3H3/b8-6-. The molecule has 0 N–H and O–H groups in total. The second kappa shape index (κ2) is 4.48. The molecule has 0 saturated carbocycles. The van der Waals surface area contributed by atoms with Crippen LogP contribution in [0.2, 0.25) is 0 Å². The largest absolute Gasteiger partial charge is 0.597 e. The van der Waals surface area contributed by atoms with Crippen molar-refractivity contribution in [3.05, 3.63) is 5.21 Å². The first kappa shape index (κ1) is 9.67. The number of likely N-dealkylation sites (N-methyl/N-ethyl adjacent to an activating group) is 1. The third-order valence-corrected chi connectivity index (χ3v) is 0.942. The highest BCUT2D eigenvalue weighted by molar-refractivity contribution is 5.76. The summed E-state index contributed by atoms with van der Waals surface area (Å²) >= 11 is 0. The number of nitrogens with zero attached hydrogens (tertiary/aromatic N) is 3. The van der Waals surface area contributed by atoms with E-state index < -0.39 is 0 Å². The van der Waals surface area contributed by atoms with Gasteiger partial charge in [0.05, 0.1) is 0 Å². The zero-order chi connectivity index (χ0) is 8.85. The maximum atomic E-state index is 10.8. The molecule has 0 aromatic carbocycles. The molecule has 0 atom stereocenters. The van der Waals surface area contributed by atoms with Gasteiger partial charge in [-0.05, 0) is 4.86 Å². The topological polar surface area (TPSA) is 68.0 Å². The van der Waals surface area contributed by atoms with Crippen LogP contribution in [0.3, 0.4) is 0 Å². The van der Waals surface area contributed by atoms with Gasteiger partial charge >= 0.3 is 0 Å². The van der Waals surface area contributed by atoms with Crippen molar-refractivity contribution >= 4 is 5.91 Å². The van der Waals surface area contributed by atoms with E-state index in [2.05, 4.69) is 10.1 Å². The van der Waals surface area contributed by atoms with Crippen molar-refractivity contribution < 1.29 is 14.5 Å². The summed E-state index contributed by atoms with van der Waals surface area (Å²) in [4.78, 5) is 16.4. The molecule has 0 spiro atoms. The molecule has 0 rings (SSSR count). The number of carbonyl (C=O) groups is 1. The van der Waals surface area contributed by atoms with Gasteiger partial charge in [0.15, 0.2) is 5.28 Å². The average Bonchev–Trinajstić information content (AvgIpc) is 1.87. The molecule has 0 aromatic rings. The molecule has 64 valence electrons. The second-order valence-electron chi connectivity index (χ2n) is 2.06. The van der Waals surface area contributed by atoms with Crippen LogP contribution in [-0.2, 0) is 9.63 Å². The third-order valence-electron chi connectivity index (χ3n) is 0.942. The molecular weight excluding hydrogens is 150 g/mol. The van der Waals surface area contributed by atoms with Gasteiger partial charge in [0, 0.05) is 14.1 Å². The molecule has 0 fully saturated rings. The highest BCUT2D eigenvalue weighted by Crippen LogP contribution is 1.82. The van der Waals surface area contributed by atoms with Gasteiger partial charge in [-0.15, -0.1) is 0 Å². The van der Waals surface area contributed by atoms with E-state index >= 15 is 0 Å². The Kier molecular flexibility index (Phi) is 3.94. The summed E-state index contributed by atoms with van der Waals surface area (Å²) < 4.78 is 0. The molecule has 6 nitrogen and oxygen atoms in total. The summed E-state index contributed by atoms with van der Waals surface area (Å²) in [7, 11) is 4.36. The highest BCUT2D eigenvalue weighted by Gasteiger charge is 2.09. The Balaban J connectivity index is 3.85. The van der Waals surface area contributed by atoms with E-state index in [9.17, 15) is 10.0 Å². The van der Waals surface area contributed by atoms with E-state index in [1.807, 2.05) is 0 Å². The fourth-order valence-corrected chi connectivity index (χ4v) is 0.377. The van der Waals surface area contributed by atoms with E-state index in [0.717, 1.165) is 0 Å². The lowest BCUT2D eigenvalue weighted by Gasteiger charge is -2.06. The van der Waals surface area contributed by atoms with Gasteiger partial charge in [-0.2, -0.15) is 0 Å². The molecule has 0 saturated heterocycles. The SMILES string of the molecule is CO/N=[N+](\[O-])CC(=O)N(C)C. The van der Waals surface area contributed by atoms with Crippen LogP contribution in [0.1, 0.15) is 0 Å². The summed E-state index contributed by atoms with van der Waals surface area (Å²) in [5.41, 5.74) is 0. The van der Waals surface area contributed by atoms with Crippen molar-refractivity contribution in [1.29, 1.82) is 0 Å². The fourth-order valence-electron chi connectivity index (χ4n) is 0.377. The van der Waals surface area contributed by atoms with Gasteiger partial charge < -0.3 is 14.9 Å². The van der Waals surface area contributed by atoms with E-state index in [1.54, 1.807) is 14.1 Å². The Bertz CT molecular complexity index is 166. The Labute approximate surface area is 64.6 Å². The van der Waals surface area contributed by atoms with Crippen LogP contribution in [0, 0.1) is 5.21 Å². The monoisotopic (exact) mass is 161 g/mol. The molecule has 6 heteroatoms. The minimum absolute atomic E-state index is 0.183. The van der Waals surface area contributed by atoms with Crippen molar-refractivity contribution in [3.8, 4) is 0 Å². The van der Waals surface area contributed by atoms with Crippen molar-refractivity contribution in [2.45, 2.75) is 0 Å². The van der Waals surface area contributed by atoms with Gasteiger partial charge in [-0.25, -0.2) is 0 Å². The Hall–Kier alpha value is -1.33. The van der Waals surface area contributed by atoms with E-state index in [4.69, 9.17) is 0 Å². The molecule has 0 aliphatic heterocycles. The molecule has 0 aliphatic carbocycles. The van der Waals surface area contributed by atoms with Crippen molar-refractivity contribution in [2.75, 3.05) is 27.7 Å². The zero-order valence-corrected chi connectivity index (χ0v) is 6.77. The number of hydroxylamine groups is 1. The lowest BCUT2D eigenvalue weighted by molar-refractivity contribution is -0.547. The van der Waals surface area contributed by atoms with E-state index in [1.165, 1.54) is 12.0 Å². The van der Waals surface area contributed by atoms with Gasteiger partial charge in [0.25, 0.3) is 12.5 Å². The van der Waals surface area contributed by atoms with Crippen molar-refractivity contribution in [3.63, 3.8) is 0 Å². The van der Waals surface area contributed by atoms with Gasteiger partial charge in [-0.1, -0.05) is 0 Å². The Morgan fingerprint density at radius 1 is 1.73 bits per heavy atom. The number of carbonyl (C=O) groups excluding carboxylic acids is 1. The number of hydrogen-bond acceptors (Lipinski definition) is 4. The van der Waals surface area contributed by atoms with Gasteiger partial charge in [-0.3, -0.25) is 4.79 Å². The molecule has 0 aliphatic rings. The minimum Gasteiger partial charge on any atom is -0.597 e. The Morgan fingerprint density at radius 2 is 2.27 bits per heavy atom. The maximum absolute atomic E-state index is 10.8. The summed E-state index contributed by atoms with van der Waals surface area (Å²) in [6.07, 6.45) is 0. The lowest BCUT2D eigenvalue weighted by Crippen LogP contribution is -2.28. The molecule has 11 heavy (non-hydrogen) atoms. The predicted molar refractivity (Wildman–Crippen MR) is 36.6 cm³/mol. The summed E-state index contributed by atoms with van der Waals surface area (Å²) in [6, 6.07) is 0. The van der Waals surface area contributed by atoms with Crippen LogP contribution < -0.4 is 0 Å². The van der Waals surface area contributed by atoms with Gasteiger partial charge in [0.2, 0.25) is 0 Å². The van der Waals surface area contributed by atoms with Crippen molar-refractivity contribution in [1.82, 2.24) is 4.90 Å². The zero-order valence-electron chi connectivity index (χ0n) is 6.77. The first-order valence-corrected chi connectivity index (χ1v) is 2.97. The number of rotatable bonds is 3. The molecule has 0 bridgehead atoms. The number of hydrogen-bond donors (Lipinski definition) is 0. The third kappa shape index (κ3) is 4.12.